The first-order valence-corrected chi connectivity index (χ1v) is 9.12. The molecular formula is C21H27FN2O2. The molecular weight excluding hydrogens is 331 g/mol. The monoisotopic (exact) mass is 358 g/mol. The van der Waals surface area contributed by atoms with Crippen LogP contribution in [0.1, 0.15) is 17.5 Å². The Labute approximate surface area is 154 Å². The third-order valence-electron chi connectivity index (χ3n) is 4.97. The van der Waals surface area contributed by atoms with Crippen LogP contribution in [-0.2, 0) is 13.1 Å². The normalized spacial score (nSPS) is 18.8. The lowest BCUT2D eigenvalue weighted by molar-refractivity contribution is 0.0499. The Morgan fingerprint density at radius 2 is 1.85 bits per heavy atom. The molecule has 5 heteroatoms. The van der Waals surface area contributed by atoms with Gasteiger partial charge in [0.05, 0.1) is 7.11 Å². The maximum atomic E-state index is 13.4. The van der Waals surface area contributed by atoms with Gasteiger partial charge < -0.3 is 9.84 Å². The van der Waals surface area contributed by atoms with E-state index in [1.165, 1.54) is 11.6 Å². The van der Waals surface area contributed by atoms with E-state index in [1.54, 1.807) is 19.2 Å². The summed E-state index contributed by atoms with van der Waals surface area (Å²) in [6, 6.07) is 15.2. The third-order valence-corrected chi connectivity index (χ3v) is 4.97. The van der Waals surface area contributed by atoms with E-state index in [1.807, 2.05) is 18.2 Å². The SMILES string of the molecule is COc1cccc(CN2CCN(Cc3cccc(F)c3)C[C@@H]2CCO)c1. The molecule has 1 atom stereocenters. The molecule has 1 N–H and O–H groups in total. The lowest BCUT2D eigenvalue weighted by Crippen LogP contribution is -2.52. The van der Waals surface area contributed by atoms with Gasteiger partial charge in [-0.25, -0.2) is 4.39 Å². The van der Waals surface area contributed by atoms with Crippen molar-refractivity contribution in [3.05, 3.63) is 65.5 Å². The van der Waals surface area contributed by atoms with E-state index in [0.29, 0.717) is 0 Å². The first-order chi connectivity index (χ1) is 12.7. The summed E-state index contributed by atoms with van der Waals surface area (Å²) in [6.07, 6.45) is 0.740. The Balaban J connectivity index is 1.63. The van der Waals surface area contributed by atoms with Crippen LogP contribution < -0.4 is 4.74 Å². The first-order valence-electron chi connectivity index (χ1n) is 9.12. The van der Waals surface area contributed by atoms with Gasteiger partial charge in [0.25, 0.3) is 0 Å². The Hall–Kier alpha value is -1.95. The number of hydrogen-bond donors (Lipinski definition) is 1. The van der Waals surface area contributed by atoms with Crippen LogP contribution in [0.25, 0.3) is 0 Å². The van der Waals surface area contributed by atoms with Crippen LogP contribution in [0.15, 0.2) is 48.5 Å². The van der Waals surface area contributed by atoms with Gasteiger partial charge in [0.2, 0.25) is 0 Å². The molecule has 2 aromatic carbocycles. The molecule has 0 radical (unpaired) electrons. The molecule has 0 saturated carbocycles. The molecule has 1 heterocycles. The number of methoxy groups -OCH3 is 1. The Morgan fingerprint density at radius 1 is 1.08 bits per heavy atom. The topological polar surface area (TPSA) is 35.9 Å². The van der Waals surface area contributed by atoms with Crippen molar-refractivity contribution in [2.24, 2.45) is 0 Å². The largest absolute Gasteiger partial charge is 0.497 e. The zero-order valence-electron chi connectivity index (χ0n) is 15.3. The number of halogens is 1. The Morgan fingerprint density at radius 3 is 2.58 bits per heavy atom. The number of rotatable bonds is 7. The van der Waals surface area contributed by atoms with E-state index < -0.39 is 0 Å². The van der Waals surface area contributed by atoms with Crippen LogP contribution in [0.2, 0.25) is 0 Å². The second kappa shape index (κ2) is 9.12. The average molecular weight is 358 g/mol. The zero-order chi connectivity index (χ0) is 18.4. The second-order valence-corrected chi connectivity index (χ2v) is 6.85. The predicted octanol–water partition coefficient (Wildman–Crippen LogP) is 2.90. The molecule has 1 saturated heterocycles. The fourth-order valence-electron chi connectivity index (χ4n) is 3.63. The molecule has 1 aliphatic heterocycles. The Kier molecular flexibility index (Phi) is 6.61. The number of benzene rings is 2. The van der Waals surface area contributed by atoms with Gasteiger partial charge in [0, 0.05) is 45.4 Å². The van der Waals surface area contributed by atoms with Crippen LogP contribution in [0.3, 0.4) is 0 Å². The van der Waals surface area contributed by atoms with Gasteiger partial charge in [-0.3, -0.25) is 9.80 Å². The number of aliphatic hydroxyl groups is 1. The summed E-state index contributed by atoms with van der Waals surface area (Å²) in [5, 5.41) is 9.48. The van der Waals surface area contributed by atoms with Crippen LogP contribution in [0.5, 0.6) is 5.75 Å². The van der Waals surface area contributed by atoms with Gasteiger partial charge in [-0.1, -0.05) is 24.3 Å². The molecule has 0 aromatic heterocycles. The average Bonchev–Trinajstić information content (AvgIpc) is 2.64. The predicted molar refractivity (Wildman–Crippen MR) is 101 cm³/mol. The van der Waals surface area contributed by atoms with Crippen LogP contribution in [0.4, 0.5) is 4.39 Å². The van der Waals surface area contributed by atoms with Crippen molar-refractivity contribution >= 4 is 0 Å². The summed E-state index contributed by atoms with van der Waals surface area (Å²) in [5.74, 6) is 0.678. The van der Waals surface area contributed by atoms with Gasteiger partial charge in [-0.05, 0) is 41.8 Å². The van der Waals surface area contributed by atoms with Crippen molar-refractivity contribution in [1.82, 2.24) is 9.80 Å². The molecule has 0 spiro atoms. The van der Waals surface area contributed by atoms with Crippen LogP contribution in [0, 0.1) is 5.82 Å². The van der Waals surface area contributed by atoms with Crippen molar-refractivity contribution in [2.45, 2.75) is 25.6 Å². The highest BCUT2D eigenvalue weighted by Crippen LogP contribution is 2.20. The Bertz CT molecular complexity index is 710. The van der Waals surface area contributed by atoms with Crippen molar-refractivity contribution in [2.75, 3.05) is 33.4 Å². The van der Waals surface area contributed by atoms with Gasteiger partial charge in [0.1, 0.15) is 11.6 Å². The van der Waals surface area contributed by atoms with Crippen LogP contribution in [-0.4, -0.2) is 54.3 Å². The highest BCUT2D eigenvalue weighted by Gasteiger charge is 2.26. The molecule has 140 valence electrons. The minimum absolute atomic E-state index is 0.174. The summed E-state index contributed by atoms with van der Waals surface area (Å²) in [7, 11) is 1.68. The number of nitrogens with zero attached hydrogens (tertiary/aromatic N) is 2. The highest BCUT2D eigenvalue weighted by molar-refractivity contribution is 5.28. The maximum absolute atomic E-state index is 13.4. The third kappa shape index (κ3) is 5.04. The quantitative estimate of drug-likeness (QED) is 0.826. The summed E-state index contributed by atoms with van der Waals surface area (Å²) < 4.78 is 18.7. The standard InChI is InChI=1S/C21H27FN2O2/c1-26-21-7-3-5-18(13-21)15-24-10-9-23(16-20(24)8-11-25)14-17-4-2-6-19(22)12-17/h2-7,12-13,20,25H,8-11,14-16H2,1H3/t20-/m0/s1. The first kappa shape index (κ1) is 18.8. The highest BCUT2D eigenvalue weighted by atomic mass is 19.1. The zero-order valence-corrected chi connectivity index (χ0v) is 15.3. The van der Waals surface area contributed by atoms with E-state index in [-0.39, 0.29) is 18.5 Å². The molecule has 0 aliphatic carbocycles. The molecule has 1 aliphatic rings. The van der Waals surface area contributed by atoms with Crippen molar-refractivity contribution in [1.29, 1.82) is 0 Å². The lowest BCUT2D eigenvalue weighted by Gasteiger charge is -2.41. The fourth-order valence-corrected chi connectivity index (χ4v) is 3.63. The minimum atomic E-state index is -0.189. The van der Waals surface area contributed by atoms with Gasteiger partial charge >= 0.3 is 0 Å². The molecule has 3 rings (SSSR count). The van der Waals surface area contributed by atoms with E-state index in [4.69, 9.17) is 4.74 Å². The minimum Gasteiger partial charge on any atom is -0.497 e. The van der Waals surface area contributed by atoms with Crippen molar-refractivity contribution < 1.29 is 14.2 Å². The van der Waals surface area contributed by atoms with E-state index in [9.17, 15) is 9.50 Å². The molecule has 0 bridgehead atoms. The van der Waals surface area contributed by atoms with Gasteiger partial charge in [-0.15, -0.1) is 0 Å². The van der Waals surface area contributed by atoms with Crippen molar-refractivity contribution in [3.8, 4) is 5.75 Å². The van der Waals surface area contributed by atoms with E-state index >= 15 is 0 Å². The fraction of sp³-hybridized carbons (Fsp3) is 0.429. The number of piperazine rings is 1. The molecule has 26 heavy (non-hydrogen) atoms. The summed E-state index contributed by atoms with van der Waals surface area (Å²) >= 11 is 0. The summed E-state index contributed by atoms with van der Waals surface area (Å²) in [4.78, 5) is 4.77. The van der Waals surface area contributed by atoms with E-state index in [2.05, 4.69) is 21.9 Å². The smallest absolute Gasteiger partial charge is 0.123 e. The van der Waals surface area contributed by atoms with Crippen molar-refractivity contribution in [3.63, 3.8) is 0 Å². The molecule has 0 unspecified atom stereocenters. The molecule has 4 nitrogen and oxygen atoms in total. The van der Waals surface area contributed by atoms with Crippen LogP contribution >= 0.6 is 0 Å². The number of aliphatic hydroxyl groups excluding tert-OH is 1. The molecule has 1 fully saturated rings. The summed E-state index contributed by atoms with van der Waals surface area (Å²) in [5.41, 5.74) is 2.21. The second-order valence-electron chi connectivity index (χ2n) is 6.85. The number of hydrogen-bond acceptors (Lipinski definition) is 4. The number of ether oxygens (including phenoxy) is 1. The molecule has 0 amide bonds. The molecule has 2 aromatic rings. The lowest BCUT2D eigenvalue weighted by atomic mass is 10.1. The van der Waals surface area contributed by atoms with Gasteiger partial charge in [-0.2, -0.15) is 0 Å². The van der Waals surface area contributed by atoms with Gasteiger partial charge in [0.15, 0.2) is 0 Å². The van der Waals surface area contributed by atoms with E-state index in [0.717, 1.165) is 50.5 Å². The summed E-state index contributed by atoms with van der Waals surface area (Å²) in [6.45, 7) is 4.50. The maximum Gasteiger partial charge on any atom is 0.123 e.